The molecule has 0 aliphatic heterocycles. The number of hydrogen-bond acceptors (Lipinski definition) is 2. The van der Waals surface area contributed by atoms with E-state index in [9.17, 15) is 0 Å². The van der Waals surface area contributed by atoms with Gasteiger partial charge in [-0.25, -0.2) is 0 Å². The van der Waals surface area contributed by atoms with E-state index in [2.05, 4.69) is 30.2 Å². The zero-order valence-electron chi connectivity index (χ0n) is 9.66. The number of hydrogen-bond donors (Lipinski definition) is 1. The van der Waals surface area contributed by atoms with E-state index >= 15 is 0 Å². The van der Waals surface area contributed by atoms with Crippen LogP contribution in [0.15, 0.2) is 24.5 Å². The van der Waals surface area contributed by atoms with Crippen molar-refractivity contribution in [2.24, 2.45) is 5.41 Å². The lowest BCUT2D eigenvalue weighted by molar-refractivity contribution is 0.217. The summed E-state index contributed by atoms with van der Waals surface area (Å²) in [6, 6.07) is 4.67. The Kier molecular flexibility index (Phi) is 2.94. The first kappa shape index (κ1) is 10.5. The van der Waals surface area contributed by atoms with Gasteiger partial charge in [0.25, 0.3) is 0 Å². The fourth-order valence-corrected chi connectivity index (χ4v) is 2.41. The number of anilines is 1. The molecule has 1 aliphatic rings. The first-order valence-electron chi connectivity index (χ1n) is 5.85. The molecular formula is C13H20N2. The molecule has 0 saturated heterocycles. The van der Waals surface area contributed by atoms with Crippen LogP contribution in [-0.2, 0) is 0 Å². The van der Waals surface area contributed by atoms with E-state index in [1.807, 2.05) is 18.5 Å². The van der Waals surface area contributed by atoms with Crippen LogP contribution in [0.4, 0.5) is 5.69 Å². The van der Waals surface area contributed by atoms with Crippen molar-refractivity contribution in [1.82, 2.24) is 4.98 Å². The van der Waals surface area contributed by atoms with E-state index in [1.165, 1.54) is 25.7 Å². The molecule has 2 heteroatoms. The second-order valence-corrected chi connectivity index (χ2v) is 5.17. The van der Waals surface area contributed by atoms with E-state index in [0.29, 0.717) is 11.5 Å². The molecule has 0 aromatic carbocycles. The van der Waals surface area contributed by atoms with Gasteiger partial charge in [-0.15, -0.1) is 0 Å². The Labute approximate surface area is 92.1 Å². The predicted molar refractivity (Wildman–Crippen MR) is 63.9 cm³/mol. The molecule has 1 aromatic rings. The molecule has 1 unspecified atom stereocenters. The van der Waals surface area contributed by atoms with Crippen molar-refractivity contribution in [1.29, 1.82) is 0 Å². The van der Waals surface area contributed by atoms with Gasteiger partial charge in [0.1, 0.15) is 0 Å². The molecular weight excluding hydrogens is 184 g/mol. The Morgan fingerprint density at radius 1 is 1.40 bits per heavy atom. The highest BCUT2D eigenvalue weighted by atomic mass is 14.9. The lowest BCUT2D eigenvalue weighted by atomic mass is 9.73. The number of aromatic nitrogens is 1. The Balaban J connectivity index is 2.05. The standard InChI is InChI=1S/C13H20N2/c1-13(2)8-4-3-7-12(13)15-11-6-5-9-14-10-11/h5-6,9-10,12,15H,3-4,7-8H2,1-2H3. The predicted octanol–water partition coefficient (Wildman–Crippen LogP) is 3.46. The van der Waals surface area contributed by atoms with Gasteiger partial charge < -0.3 is 5.32 Å². The third-order valence-corrected chi connectivity index (χ3v) is 3.51. The molecule has 2 nitrogen and oxygen atoms in total. The van der Waals surface area contributed by atoms with E-state index in [-0.39, 0.29) is 0 Å². The van der Waals surface area contributed by atoms with Crippen molar-refractivity contribution >= 4 is 5.69 Å². The zero-order chi connectivity index (χ0) is 10.7. The summed E-state index contributed by atoms with van der Waals surface area (Å²) in [7, 11) is 0. The minimum Gasteiger partial charge on any atom is -0.381 e. The van der Waals surface area contributed by atoms with Gasteiger partial charge in [0.15, 0.2) is 0 Å². The summed E-state index contributed by atoms with van der Waals surface area (Å²) < 4.78 is 0. The number of rotatable bonds is 2. The summed E-state index contributed by atoms with van der Waals surface area (Å²) in [6.45, 7) is 4.72. The Morgan fingerprint density at radius 3 is 2.93 bits per heavy atom. The van der Waals surface area contributed by atoms with Gasteiger partial charge in [0.05, 0.1) is 5.69 Å². The highest BCUT2D eigenvalue weighted by Crippen LogP contribution is 2.37. The first-order chi connectivity index (χ1) is 7.18. The van der Waals surface area contributed by atoms with Gasteiger partial charge in [-0.2, -0.15) is 0 Å². The third-order valence-electron chi connectivity index (χ3n) is 3.51. The van der Waals surface area contributed by atoms with Gasteiger partial charge in [-0.3, -0.25) is 4.98 Å². The minimum absolute atomic E-state index is 0.411. The molecule has 1 saturated carbocycles. The van der Waals surface area contributed by atoms with Crippen LogP contribution < -0.4 is 5.32 Å². The second kappa shape index (κ2) is 4.21. The summed E-state index contributed by atoms with van der Waals surface area (Å²) in [5, 5.41) is 3.61. The molecule has 2 rings (SSSR count). The summed E-state index contributed by atoms with van der Waals surface area (Å²) in [4.78, 5) is 4.14. The average molecular weight is 204 g/mol. The van der Waals surface area contributed by atoms with Gasteiger partial charge in [0, 0.05) is 18.4 Å². The van der Waals surface area contributed by atoms with Gasteiger partial charge in [-0.1, -0.05) is 26.7 Å². The smallest absolute Gasteiger partial charge is 0.0529 e. The third kappa shape index (κ3) is 2.49. The highest BCUT2D eigenvalue weighted by molar-refractivity contribution is 5.41. The highest BCUT2D eigenvalue weighted by Gasteiger charge is 2.31. The van der Waals surface area contributed by atoms with E-state index in [0.717, 1.165) is 5.69 Å². The lowest BCUT2D eigenvalue weighted by Gasteiger charge is -2.39. The first-order valence-corrected chi connectivity index (χ1v) is 5.85. The van der Waals surface area contributed by atoms with Gasteiger partial charge >= 0.3 is 0 Å². The van der Waals surface area contributed by atoms with Crippen LogP contribution in [0, 0.1) is 5.41 Å². The number of pyridine rings is 1. The molecule has 0 spiro atoms. The fraction of sp³-hybridized carbons (Fsp3) is 0.615. The van der Waals surface area contributed by atoms with Crippen LogP contribution in [0.25, 0.3) is 0 Å². The Morgan fingerprint density at radius 2 is 2.27 bits per heavy atom. The van der Waals surface area contributed by atoms with Crippen molar-refractivity contribution in [3.63, 3.8) is 0 Å². The van der Waals surface area contributed by atoms with E-state index in [4.69, 9.17) is 0 Å². The van der Waals surface area contributed by atoms with Crippen LogP contribution in [0.3, 0.4) is 0 Å². The van der Waals surface area contributed by atoms with Crippen LogP contribution in [-0.4, -0.2) is 11.0 Å². The quantitative estimate of drug-likeness (QED) is 0.798. The summed E-state index contributed by atoms with van der Waals surface area (Å²) in [5.41, 5.74) is 1.56. The van der Waals surface area contributed by atoms with E-state index in [1.54, 1.807) is 0 Å². The molecule has 0 radical (unpaired) electrons. The molecule has 1 fully saturated rings. The maximum atomic E-state index is 4.14. The molecule has 1 aromatic heterocycles. The van der Waals surface area contributed by atoms with Crippen molar-refractivity contribution in [2.75, 3.05) is 5.32 Å². The van der Waals surface area contributed by atoms with Crippen LogP contribution >= 0.6 is 0 Å². The van der Waals surface area contributed by atoms with E-state index < -0.39 is 0 Å². The maximum absolute atomic E-state index is 4.14. The van der Waals surface area contributed by atoms with Crippen molar-refractivity contribution < 1.29 is 0 Å². The van der Waals surface area contributed by atoms with Crippen LogP contribution in [0.2, 0.25) is 0 Å². The lowest BCUT2D eigenvalue weighted by Crippen LogP contribution is -2.38. The molecule has 82 valence electrons. The molecule has 1 aliphatic carbocycles. The van der Waals surface area contributed by atoms with Gasteiger partial charge in [-0.05, 0) is 30.4 Å². The normalized spacial score (nSPS) is 24.8. The van der Waals surface area contributed by atoms with Crippen molar-refractivity contribution in [2.45, 2.75) is 45.6 Å². The molecule has 0 amide bonds. The average Bonchev–Trinajstić information content (AvgIpc) is 2.23. The summed E-state index contributed by atoms with van der Waals surface area (Å²) in [5.74, 6) is 0. The summed E-state index contributed by atoms with van der Waals surface area (Å²) >= 11 is 0. The minimum atomic E-state index is 0.411. The van der Waals surface area contributed by atoms with Gasteiger partial charge in [0.2, 0.25) is 0 Å². The number of nitrogens with zero attached hydrogens (tertiary/aromatic N) is 1. The molecule has 1 heterocycles. The molecule has 0 bridgehead atoms. The topological polar surface area (TPSA) is 24.9 Å². The maximum Gasteiger partial charge on any atom is 0.0529 e. The largest absolute Gasteiger partial charge is 0.381 e. The fourth-order valence-electron chi connectivity index (χ4n) is 2.41. The molecule has 15 heavy (non-hydrogen) atoms. The molecule has 1 N–H and O–H groups in total. The Bertz CT molecular complexity index is 306. The van der Waals surface area contributed by atoms with Crippen molar-refractivity contribution in [3.05, 3.63) is 24.5 Å². The molecule has 1 atom stereocenters. The Hall–Kier alpha value is -1.05. The SMILES string of the molecule is CC1(C)CCCCC1Nc1cccnc1. The second-order valence-electron chi connectivity index (χ2n) is 5.17. The van der Waals surface area contributed by atoms with Crippen LogP contribution in [0.1, 0.15) is 39.5 Å². The van der Waals surface area contributed by atoms with Crippen molar-refractivity contribution in [3.8, 4) is 0 Å². The van der Waals surface area contributed by atoms with Crippen LogP contribution in [0.5, 0.6) is 0 Å². The number of nitrogens with one attached hydrogen (secondary N) is 1. The summed E-state index contributed by atoms with van der Waals surface area (Å²) in [6.07, 6.45) is 9.05. The zero-order valence-corrected chi connectivity index (χ0v) is 9.66. The monoisotopic (exact) mass is 204 g/mol.